The van der Waals surface area contributed by atoms with Gasteiger partial charge in [-0.3, -0.25) is 0 Å². The zero-order valence-corrected chi connectivity index (χ0v) is 12.4. The van der Waals surface area contributed by atoms with Gasteiger partial charge in [0, 0.05) is 25.8 Å². The fourth-order valence-corrected chi connectivity index (χ4v) is 2.80. The quantitative estimate of drug-likeness (QED) is 0.534. The van der Waals surface area contributed by atoms with E-state index in [1.807, 2.05) is 13.8 Å². The Morgan fingerprint density at radius 3 is 2.06 bits per heavy atom. The predicted molar refractivity (Wildman–Crippen MR) is 75.7 cm³/mol. The van der Waals surface area contributed by atoms with Crippen LogP contribution in [0.1, 0.15) is 59.3 Å². The minimum atomic E-state index is -0.0896. The van der Waals surface area contributed by atoms with E-state index in [0.717, 1.165) is 12.5 Å². The van der Waals surface area contributed by atoms with Crippen LogP contribution in [0.15, 0.2) is 0 Å². The van der Waals surface area contributed by atoms with Crippen molar-refractivity contribution >= 4 is 0 Å². The molecular formula is C15H31NO2. The van der Waals surface area contributed by atoms with E-state index in [1.165, 1.54) is 38.5 Å². The summed E-state index contributed by atoms with van der Waals surface area (Å²) in [5, 5.41) is 3.60. The van der Waals surface area contributed by atoms with Crippen molar-refractivity contribution in [2.75, 3.05) is 19.8 Å². The molecule has 0 unspecified atom stereocenters. The Bertz CT molecular complexity index is 185. The van der Waals surface area contributed by atoms with Gasteiger partial charge in [0.1, 0.15) is 0 Å². The molecule has 1 rings (SSSR count). The van der Waals surface area contributed by atoms with Gasteiger partial charge < -0.3 is 14.8 Å². The molecule has 0 saturated heterocycles. The van der Waals surface area contributed by atoms with Crippen LogP contribution in [0.4, 0.5) is 0 Å². The van der Waals surface area contributed by atoms with Crippen molar-refractivity contribution in [3.05, 3.63) is 0 Å². The average molecular weight is 257 g/mol. The van der Waals surface area contributed by atoms with Gasteiger partial charge in [-0.1, -0.05) is 25.7 Å². The third-order valence-electron chi connectivity index (χ3n) is 3.92. The van der Waals surface area contributed by atoms with Crippen molar-refractivity contribution in [1.82, 2.24) is 5.32 Å². The summed E-state index contributed by atoms with van der Waals surface area (Å²) in [5.74, 6) is 0.830. The summed E-state index contributed by atoms with van der Waals surface area (Å²) in [6, 6.07) is 0.575. The standard InChI is InChI=1S/C15H31NO2/c1-4-17-15(18-5-2)12-16-13(3)14-10-8-6-7-9-11-14/h13-16H,4-12H2,1-3H3/t13-/m0/s1. The molecule has 3 nitrogen and oxygen atoms in total. The lowest BCUT2D eigenvalue weighted by molar-refractivity contribution is -0.134. The first-order valence-electron chi connectivity index (χ1n) is 7.74. The smallest absolute Gasteiger partial charge is 0.169 e. The summed E-state index contributed by atoms with van der Waals surface area (Å²) in [7, 11) is 0. The van der Waals surface area contributed by atoms with E-state index in [9.17, 15) is 0 Å². The third-order valence-corrected chi connectivity index (χ3v) is 3.92. The minimum absolute atomic E-state index is 0.0896. The van der Waals surface area contributed by atoms with Crippen molar-refractivity contribution < 1.29 is 9.47 Å². The summed E-state index contributed by atoms with van der Waals surface area (Å²) in [6.45, 7) is 8.57. The largest absolute Gasteiger partial charge is 0.352 e. The van der Waals surface area contributed by atoms with Gasteiger partial charge in [-0.05, 0) is 39.5 Å². The van der Waals surface area contributed by atoms with Gasteiger partial charge in [0.25, 0.3) is 0 Å². The molecule has 1 atom stereocenters. The van der Waals surface area contributed by atoms with E-state index in [2.05, 4.69) is 12.2 Å². The molecule has 0 aromatic carbocycles. The first-order valence-corrected chi connectivity index (χ1v) is 7.74. The number of nitrogens with one attached hydrogen (secondary N) is 1. The summed E-state index contributed by atoms with van der Waals surface area (Å²) in [6.07, 6.45) is 8.30. The molecule has 0 aromatic rings. The van der Waals surface area contributed by atoms with Crippen LogP contribution in [0, 0.1) is 5.92 Å². The molecule has 0 aromatic heterocycles. The molecule has 0 amide bonds. The summed E-state index contributed by atoms with van der Waals surface area (Å²) < 4.78 is 11.1. The van der Waals surface area contributed by atoms with E-state index < -0.39 is 0 Å². The van der Waals surface area contributed by atoms with Crippen LogP contribution in [0.2, 0.25) is 0 Å². The molecule has 0 spiro atoms. The van der Waals surface area contributed by atoms with Gasteiger partial charge >= 0.3 is 0 Å². The second-order valence-corrected chi connectivity index (χ2v) is 5.29. The molecule has 3 heteroatoms. The van der Waals surface area contributed by atoms with E-state index >= 15 is 0 Å². The van der Waals surface area contributed by atoms with Crippen molar-refractivity contribution in [3.63, 3.8) is 0 Å². The molecule has 18 heavy (non-hydrogen) atoms. The summed E-state index contributed by atoms with van der Waals surface area (Å²) in [4.78, 5) is 0. The molecular weight excluding hydrogens is 226 g/mol. The van der Waals surface area contributed by atoms with Crippen molar-refractivity contribution in [1.29, 1.82) is 0 Å². The molecule has 1 N–H and O–H groups in total. The predicted octanol–water partition coefficient (Wildman–Crippen LogP) is 3.33. The fourth-order valence-electron chi connectivity index (χ4n) is 2.80. The lowest BCUT2D eigenvalue weighted by Crippen LogP contribution is -2.40. The fraction of sp³-hybridized carbons (Fsp3) is 1.00. The van der Waals surface area contributed by atoms with Crippen LogP contribution in [0.3, 0.4) is 0 Å². The van der Waals surface area contributed by atoms with Gasteiger partial charge in [0.2, 0.25) is 0 Å². The van der Waals surface area contributed by atoms with Gasteiger partial charge in [0.05, 0.1) is 0 Å². The van der Waals surface area contributed by atoms with E-state index in [4.69, 9.17) is 9.47 Å². The van der Waals surface area contributed by atoms with Crippen molar-refractivity contribution in [3.8, 4) is 0 Å². The van der Waals surface area contributed by atoms with E-state index in [-0.39, 0.29) is 6.29 Å². The maximum Gasteiger partial charge on any atom is 0.169 e. The van der Waals surface area contributed by atoms with Gasteiger partial charge in [-0.25, -0.2) is 0 Å². The van der Waals surface area contributed by atoms with Crippen LogP contribution in [-0.4, -0.2) is 32.1 Å². The minimum Gasteiger partial charge on any atom is -0.352 e. The van der Waals surface area contributed by atoms with Crippen LogP contribution < -0.4 is 5.32 Å². The molecule has 0 bridgehead atoms. The Morgan fingerprint density at radius 1 is 1.00 bits per heavy atom. The second kappa shape index (κ2) is 9.76. The number of rotatable bonds is 8. The molecule has 0 heterocycles. The molecule has 0 radical (unpaired) electrons. The Hall–Kier alpha value is -0.120. The highest BCUT2D eigenvalue weighted by Crippen LogP contribution is 2.25. The molecule has 0 aliphatic heterocycles. The zero-order valence-electron chi connectivity index (χ0n) is 12.4. The van der Waals surface area contributed by atoms with Crippen LogP contribution in [0.5, 0.6) is 0 Å². The first kappa shape index (κ1) is 15.9. The second-order valence-electron chi connectivity index (χ2n) is 5.29. The van der Waals surface area contributed by atoms with Gasteiger partial charge in [0.15, 0.2) is 6.29 Å². The molecule has 1 fully saturated rings. The summed E-state index contributed by atoms with van der Waals surface area (Å²) in [5.41, 5.74) is 0. The lowest BCUT2D eigenvalue weighted by atomic mass is 9.93. The normalized spacial score (nSPS) is 20.0. The molecule has 1 saturated carbocycles. The first-order chi connectivity index (χ1) is 8.77. The monoisotopic (exact) mass is 257 g/mol. The highest BCUT2D eigenvalue weighted by Gasteiger charge is 2.19. The molecule has 1 aliphatic rings. The van der Waals surface area contributed by atoms with E-state index in [1.54, 1.807) is 0 Å². The van der Waals surface area contributed by atoms with E-state index in [0.29, 0.717) is 19.3 Å². The molecule has 1 aliphatic carbocycles. The highest BCUT2D eigenvalue weighted by molar-refractivity contribution is 4.75. The zero-order chi connectivity index (χ0) is 13.2. The third kappa shape index (κ3) is 6.17. The summed E-state index contributed by atoms with van der Waals surface area (Å²) >= 11 is 0. The van der Waals surface area contributed by atoms with Crippen molar-refractivity contribution in [2.24, 2.45) is 5.92 Å². The van der Waals surface area contributed by atoms with Crippen LogP contribution in [0.25, 0.3) is 0 Å². The Kier molecular flexibility index (Phi) is 8.64. The van der Waals surface area contributed by atoms with Gasteiger partial charge in [-0.15, -0.1) is 0 Å². The SMILES string of the molecule is CCOC(CN[C@@H](C)C1CCCCCC1)OCC. The Balaban J connectivity index is 2.26. The highest BCUT2D eigenvalue weighted by atomic mass is 16.7. The van der Waals surface area contributed by atoms with Crippen LogP contribution >= 0.6 is 0 Å². The number of ether oxygens (including phenoxy) is 2. The van der Waals surface area contributed by atoms with Crippen molar-refractivity contribution in [2.45, 2.75) is 71.6 Å². The number of hydrogen-bond acceptors (Lipinski definition) is 3. The lowest BCUT2D eigenvalue weighted by Gasteiger charge is -2.26. The van der Waals surface area contributed by atoms with Crippen LogP contribution in [-0.2, 0) is 9.47 Å². The van der Waals surface area contributed by atoms with Gasteiger partial charge in [-0.2, -0.15) is 0 Å². The maximum atomic E-state index is 5.56. The average Bonchev–Trinajstić information content (AvgIpc) is 2.65. The topological polar surface area (TPSA) is 30.5 Å². The Labute approximate surface area is 113 Å². The number of hydrogen-bond donors (Lipinski definition) is 1. The maximum absolute atomic E-state index is 5.56. The molecule has 108 valence electrons. The Morgan fingerprint density at radius 2 is 1.56 bits per heavy atom.